The van der Waals surface area contributed by atoms with Crippen LogP contribution in [0.3, 0.4) is 0 Å². The fraction of sp³-hybridized carbons (Fsp3) is 0.310. The van der Waals surface area contributed by atoms with Crippen LogP contribution in [0.1, 0.15) is 36.5 Å². The monoisotopic (exact) mass is 555 g/mol. The molecule has 2 amide bonds. The first-order chi connectivity index (χ1) is 18.0. The summed E-state index contributed by atoms with van der Waals surface area (Å²) in [6.45, 7) is 3.72. The largest absolute Gasteiger partial charge is 0.357 e. The van der Waals surface area contributed by atoms with E-state index in [0.29, 0.717) is 10.7 Å². The Labute approximate surface area is 230 Å². The van der Waals surface area contributed by atoms with E-state index in [-0.39, 0.29) is 24.8 Å². The SMILES string of the molecule is CNC(=O)[C@@H](Cc1ccccc1)N(Cc1cccc(Cl)c1)C(=O)CN(c1ccc(C(C)C)cc1)S(C)(=O)=O. The van der Waals surface area contributed by atoms with Crippen LogP contribution in [-0.2, 0) is 32.6 Å². The van der Waals surface area contributed by atoms with Crippen molar-refractivity contribution in [2.45, 2.75) is 38.8 Å². The average molecular weight is 556 g/mol. The molecule has 0 aromatic heterocycles. The fourth-order valence-electron chi connectivity index (χ4n) is 4.19. The maximum absolute atomic E-state index is 13.9. The minimum atomic E-state index is -3.81. The number of halogens is 1. The topological polar surface area (TPSA) is 86.8 Å². The molecule has 0 unspecified atom stereocenters. The summed E-state index contributed by atoms with van der Waals surface area (Å²) in [5.74, 6) is -0.582. The average Bonchev–Trinajstić information content (AvgIpc) is 2.88. The molecule has 0 aliphatic carbocycles. The molecule has 3 aromatic carbocycles. The van der Waals surface area contributed by atoms with Gasteiger partial charge in [-0.3, -0.25) is 13.9 Å². The molecule has 1 N–H and O–H groups in total. The van der Waals surface area contributed by atoms with Crippen LogP contribution in [0, 0.1) is 0 Å². The lowest BCUT2D eigenvalue weighted by molar-refractivity contribution is -0.139. The van der Waals surface area contributed by atoms with Gasteiger partial charge in [-0.1, -0.05) is 80.0 Å². The molecule has 0 fully saturated rings. The number of carbonyl (C=O) groups excluding carboxylic acids is 2. The summed E-state index contributed by atoms with van der Waals surface area (Å²) in [5, 5.41) is 3.16. The lowest BCUT2D eigenvalue weighted by atomic mass is 10.0. The molecule has 0 bridgehead atoms. The predicted octanol–water partition coefficient (Wildman–Crippen LogP) is 4.62. The van der Waals surface area contributed by atoms with E-state index >= 15 is 0 Å². The fourth-order valence-corrected chi connectivity index (χ4v) is 5.25. The van der Waals surface area contributed by atoms with Crippen LogP contribution >= 0.6 is 11.6 Å². The van der Waals surface area contributed by atoms with Crippen molar-refractivity contribution >= 4 is 39.1 Å². The summed E-state index contributed by atoms with van der Waals surface area (Å²) in [7, 11) is -2.29. The van der Waals surface area contributed by atoms with Gasteiger partial charge in [0.2, 0.25) is 21.8 Å². The molecule has 7 nitrogen and oxygen atoms in total. The molecular formula is C29H34ClN3O4S. The molecule has 9 heteroatoms. The molecule has 0 radical (unpaired) electrons. The molecule has 3 rings (SSSR count). The Morgan fingerprint density at radius 1 is 0.921 bits per heavy atom. The van der Waals surface area contributed by atoms with Crippen molar-refractivity contribution in [2.24, 2.45) is 0 Å². The van der Waals surface area contributed by atoms with Gasteiger partial charge in [0.05, 0.1) is 11.9 Å². The zero-order chi connectivity index (χ0) is 27.9. The Hall–Kier alpha value is -3.36. The van der Waals surface area contributed by atoms with Crippen molar-refractivity contribution < 1.29 is 18.0 Å². The van der Waals surface area contributed by atoms with E-state index in [0.717, 1.165) is 27.3 Å². The molecule has 0 heterocycles. The highest BCUT2D eigenvalue weighted by atomic mass is 35.5. The van der Waals surface area contributed by atoms with Crippen molar-refractivity contribution in [3.8, 4) is 0 Å². The Morgan fingerprint density at radius 2 is 1.55 bits per heavy atom. The highest BCUT2D eigenvalue weighted by Gasteiger charge is 2.32. The van der Waals surface area contributed by atoms with Crippen LogP contribution in [0.2, 0.25) is 5.02 Å². The van der Waals surface area contributed by atoms with Gasteiger partial charge in [0.25, 0.3) is 0 Å². The molecule has 1 atom stereocenters. The van der Waals surface area contributed by atoms with Crippen LogP contribution < -0.4 is 9.62 Å². The molecular weight excluding hydrogens is 522 g/mol. The number of sulfonamides is 1. The number of rotatable bonds is 11. The van der Waals surface area contributed by atoms with E-state index in [2.05, 4.69) is 5.32 Å². The minimum Gasteiger partial charge on any atom is -0.357 e. The van der Waals surface area contributed by atoms with Gasteiger partial charge >= 0.3 is 0 Å². The summed E-state index contributed by atoms with van der Waals surface area (Å²) < 4.78 is 26.7. The van der Waals surface area contributed by atoms with Crippen LogP contribution in [0.25, 0.3) is 0 Å². The number of nitrogens with zero attached hydrogens (tertiary/aromatic N) is 2. The van der Waals surface area contributed by atoms with Gasteiger partial charge in [-0.25, -0.2) is 8.42 Å². The number of anilines is 1. The van der Waals surface area contributed by atoms with Gasteiger partial charge < -0.3 is 10.2 Å². The van der Waals surface area contributed by atoms with Crippen LogP contribution in [0.4, 0.5) is 5.69 Å². The summed E-state index contributed by atoms with van der Waals surface area (Å²) >= 11 is 6.20. The molecule has 0 saturated carbocycles. The Bertz CT molecular complexity index is 1350. The van der Waals surface area contributed by atoms with E-state index in [9.17, 15) is 18.0 Å². The molecule has 202 valence electrons. The second-order valence-electron chi connectivity index (χ2n) is 9.49. The first-order valence-corrected chi connectivity index (χ1v) is 14.6. The minimum absolute atomic E-state index is 0.0776. The molecule has 38 heavy (non-hydrogen) atoms. The predicted molar refractivity (Wildman–Crippen MR) is 153 cm³/mol. The summed E-state index contributed by atoms with van der Waals surface area (Å²) in [6.07, 6.45) is 1.33. The van der Waals surface area contributed by atoms with Gasteiger partial charge in [0.1, 0.15) is 12.6 Å². The summed E-state index contributed by atoms with van der Waals surface area (Å²) in [6, 6.07) is 22.7. The highest BCUT2D eigenvalue weighted by molar-refractivity contribution is 7.92. The van der Waals surface area contributed by atoms with Gasteiger partial charge in [0.15, 0.2) is 0 Å². The second-order valence-corrected chi connectivity index (χ2v) is 11.8. The number of likely N-dealkylation sites (N-methyl/N-ethyl adjacent to an activating group) is 1. The van der Waals surface area contributed by atoms with Crippen LogP contribution in [0.5, 0.6) is 0 Å². The maximum atomic E-state index is 13.9. The van der Waals surface area contributed by atoms with Crippen LogP contribution in [0.15, 0.2) is 78.9 Å². The molecule has 0 aliphatic rings. The van der Waals surface area contributed by atoms with Crippen LogP contribution in [-0.4, -0.2) is 51.0 Å². The van der Waals surface area contributed by atoms with Crippen molar-refractivity contribution in [3.05, 3.63) is 101 Å². The Kier molecular flexibility index (Phi) is 9.94. The summed E-state index contributed by atoms with van der Waals surface area (Å²) in [4.78, 5) is 28.4. The van der Waals surface area contributed by atoms with E-state index < -0.39 is 28.5 Å². The number of hydrogen-bond donors (Lipinski definition) is 1. The van der Waals surface area contributed by atoms with Crippen molar-refractivity contribution in [3.63, 3.8) is 0 Å². The van der Waals surface area contributed by atoms with Crippen molar-refractivity contribution in [2.75, 3.05) is 24.2 Å². The van der Waals surface area contributed by atoms with Gasteiger partial charge in [-0.05, 0) is 46.9 Å². The number of benzene rings is 3. The normalized spacial score (nSPS) is 12.2. The number of hydrogen-bond acceptors (Lipinski definition) is 4. The van der Waals surface area contributed by atoms with E-state index in [1.54, 1.807) is 30.3 Å². The van der Waals surface area contributed by atoms with Crippen molar-refractivity contribution in [1.82, 2.24) is 10.2 Å². The third-order valence-corrected chi connectivity index (χ3v) is 7.66. The number of nitrogens with one attached hydrogen (secondary N) is 1. The second kappa shape index (κ2) is 12.9. The van der Waals surface area contributed by atoms with Crippen molar-refractivity contribution in [1.29, 1.82) is 0 Å². The smallest absolute Gasteiger partial charge is 0.244 e. The third kappa shape index (κ3) is 7.82. The van der Waals surface area contributed by atoms with E-state index in [1.165, 1.54) is 11.9 Å². The molecule has 3 aromatic rings. The standard InChI is InChI=1S/C29H34ClN3O4S/c1-21(2)24-13-15-26(16-14-24)33(38(4,36)37)20-28(34)32(19-23-11-8-12-25(30)17-23)27(29(35)31-3)18-22-9-6-5-7-10-22/h5-17,21,27H,18-20H2,1-4H3,(H,31,35)/t27-/m1/s1. The lowest BCUT2D eigenvalue weighted by Gasteiger charge is -2.33. The van der Waals surface area contributed by atoms with E-state index in [1.807, 2.05) is 62.4 Å². The number of carbonyl (C=O) groups is 2. The Morgan fingerprint density at radius 3 is 2.11 bits per heavy atom. The maximum Gasteiger partial charge on any atom is 0.244 e. The molecule has 0 spiro atoms. The summed E-state index contributed by atoms with van der Waals surface area (Å²) in [5.41, 5.74) is 3.03. The zero-order valence-electron chi connectivity index (χ0n) is 22.1. The third-order valence-electron chi connectivity index (χ3n) is 6.29. The van der Waals surface area contributed by atoms with Gasteiger partial charge in [-0.2, -0.15) is 0 Å². The quantitative estimate of drug-likeness (QED) is 0.374. The number of amides is 2. The van der Waals surface area contributed by atoms with Gasteiger partial charge in [-0.15, -0.1) is 0 Å². The molecule has 0 aliphatic heterocycles. The van der Waals surface area contributed by atoms with Gasteiger partial charge in [0, 0.05) is 25.0 Å². The first-order valence-electron chi connectivity index (χ1n) is 12.4. The zero-order valence-corrected chi connectivity index (χ0v) is 23.7. The molecule has 0 saturated heterocycles. The first kappa shape index (κ1) is 29.2. The Balaban J connectivity index is 2.01. The van der Waals surface area contributed by atoms with E-state index in [4.69, 9.17) is 11.6 Å². The highest BCUT2D eigenvalue weighted by Crippen LogP contribution is 2.23. The lowest BCUT2D eigenvalue weighted by Crippen LogP contribution is -2.52.